The van der Waals surface area contributed by atoms with E-state index in [1.54, 1.807) is 43.9 Å². The summed E-state index contributed by atoms with van der Waals surface area (Å²) in [5.74, 6) is -0.639. The molecule has 1 saturated carbocycles. The molecule has 0 heterocycles. The number of hydrogen-bond donors (Lipinski definition) is 3. The molecule has 8 nitrogen and oxygen atoms in total. The highest BCUT2D eigenvalue weighted by Crippen LogP contribution is 2.42. The number of phenols is 1. The summed E-state index contributed by atoms with van der Waals surface area (Å²) in [6.45, 7) is 9.79. The van der Waals surface area contributed by atoms with Crippen molar-refractivity contribution in [3.63, 3.8) is 0 Å². The molecule has 4 unspecified atom stereocenters. The molecule has 0 bridgehead atoms. The van der Waals surface area contributed by atoms with Gasteiger partial charge in [-0.05, 0) is 51.2 Å². The molecule has 3 amide bonds. The van der Waals surface area contributed by atoms with E-state index in [1.165, 1.54) is 6.07 Å². The molecule has 4 atom stereocenters. The van der Waals surface area contributed by atoms with Crippen molar-refractivity contribution in [2.24, 2.45) is 5.92 Å². The number of alkyl carbamates (subject to hydrolysis) is 1. The van der Waals surface area contributed by atoms with Crippen molar-refractivity contribution in [2.45, 2.75) is 84.0 Å². The van der Waals surface area contributed by atoms with Gasteiger partial charge >= 0.3 is 6.09 Å². The standard InChI is InChI=1S/C30H41N3O5/c1-6-7-17-31-27(35)26(22-15-11-12-16-25(22)34)33(24-18-20(24)2)28(36)23(19-21-13-9-8-10-14-21)32-29(37)38-30(3,4)5/h8-16,20,23-24,26,34H,6-7,17-19H2,1-5H3,(H,31,35)(H,32,37). The Balaban J connectivity index is 2.01. The largest absolute Gasteiger partial charge is 0.508 e. The monoisotopic (exact) mass is 523 g/mol. The van der Waals surface area contributed by atoms with E-state index in [0.29, 0.717) is 12.1 Å². The number of nitrogens with one attached hydrogen (secondary N) is 2. The molecule has 206 valence electrons. The van der Waals surface area contributed by atoms with Gasteiger partial charge in [-0.25, -0.2) is 4.79 Å². The van der Waals surface area contributed by atoms with Crippen LogP contribution in [0.5, 0.6) is 5.75 Å². The van der Waals surface area contributed by atoms with Crippen LogP contribution in [0.1, 0.15) is 71.0 Å². The van der Waals surface area contributed by atoms with Crippen molar-refractivity contribution in [2.75, 3.05) is 6.54 Å². The maximum Gasteiger partial charge on any atom is 0.408 e. The second-order valence-corrected chi connectivity index (χ2v) is 11.0. The van der Waals surface area contributed by atoms with E-state index in [0.717, 1.165) is 24.8 Å². The number of phenolic OH excluding ortho intramolecular Hbond substituents is 1. The number of aromatic hydroxyl groups is 1. The van der Waals surface area contributed by atoms with E-state index >= 15 is 0 Å². The quantitative estimate of drug-likeness (QED) is 0.369. The molecule has 2 aromatic rings. The van der Waals surface area contributed by atoms with E-state index in [9.17, 15) is 19.5 Å². The first kappa shape index (κ1) is 29.0. The van der Waals surface area contributed by atoms with Gasteiger partial charge in [0, 0.05) is 24.6 Å². The van der Waals surface area contributed by atoms with Crippen molar-refractivity contribution in [1.29, 1.82) is 0 Å². The molecule has 0 radical (unpaired) electrons. The topological polar surface area (TPSA) is 108 Å². The van der Waals surface area contributed by atoms with Crippen LogP contribution in [-0.4, -0.2) is 52.1 Å². The Morgan fingerprint density at radius 3 is 2.29 bits per heavy atom. The number of hydrogen-bond acceptors (Lipinski definition) is 5. The van der Waals surface area contributed by atoms with Crippen LogP contribution in [-0.2, 0) is 20.7 Å². The van der Waals surface area contributed by atoms with Gasteiger partial charge < -0.3 is 25.4 Å². The maximum atomic E-state index is 14.3. The van der Waals surface area contributed by atoms with Crippen LogP contribution in [0.2, 0.25) is 0 Å². The van der Waals surface area contributed by atoms with E-state index in [1.807, 2.05) is 44.2 Å². The van der Waals surface area contributed by atoms with Crippen LogP contribution in [0.3, 0.4) is 0 Å². The Labute approximate surface area is 225 Å². The Kier molecular flexibility index (Phi) is 9.78. The van der Waals surface area contributed by atoms with Crippen LogP contribution in [0, 0.1) is 5.92 Å². The Hall–Kier alpha value is -3.55. The van der Waals surface area contributed by atoms with E-state index in [-0.39, 0.29) is 30.0 Å². The number of ether oxygens (including phenoxy) is 1. The lowest BCUT2D eigenvalue weighted by Gasteiger charge is -2.35. The Bertz CT molecular complexity index is 1100. The first-order chi connectivity index (χ1) is 18.0. The van der Waals surface area contributed by atoms with Gasteiger partial charge in [0.1, 0.15) is 23.4 Å². The number of carbonyl (C=O) groups excluding carboxylic acids is 3. The molecular formula is C30H41N3O5. The van der Waals surface area contributed by atoms with Crippen LogP contribution in [0.25, 0.3) is 0 Å². The smallest absolute Gasteiger partial charge is 0.408 e. The van der Waals surface area contributed by atoms with Gasteiger partial charge in [-0.2, -0.15) is 0 Å². The zero-order chi connectivity index (χ0) is 27.9. The fraction of sp³-hybridized carbons (Fsp3) is 0.500. The molecule has 1 aliphatic rings. The van der Waals surface area contributed by atoms with Crippen molar-refractivity contribution in [1.82, 2.24) is 15.5 Å². The lowest BCUT2D eigenvalue weighted by atomic mass is 9.99. The second kappa shape index (κ2) is 12.8. The van der Waals surface area contributed by atoms with Crippen molar-refractivity contribution in [3.8, 4) is 5.75 Å². The summed E-state index contributed by atoms with van der Waals surface area (Å²) in [5.41, 5.74) is 0.467. The van der Waals surface area contributed by atoms with Crippen LogP contribution < -0.4 is 10.6 Å². The lowest BCUT2D eigenvalue weighted by molar-refractivity contribution is -0.143. The molecule has 3 N–H and O–H groups in total. The van der Waals surface area contributed by atoms with E-state index < -0.39 is 29.7 Å². The molecule has 2 aromatic carbocycles. The predicted molar refractivity (Wildman–Crippen MR) is 146 cm³/mol. The summed E-state index contributed by atoms with van der Waals surface area (Å²) in [7, 11) is 0. The first-order valence-electron chi connectivity index (χ1n) is 13.4. The second-order valence-electron chi connectivity index (χ2n) is 11.0. The number of para-hydroxylation sites is 1. The molecule has 0 spiro atoms. The Morgan fingerprint density at radius 1 is 1.08 bits per heavy atom. The fourth-order valence-corrected chi connectivity index (χ4v) is 4.47. The molecule has 8 heteroatoms. The van der Waals surface area contributed by atoms with E-state index in [4.69, 9.17) is 4.74 Å². The van der Waals surface area contributed by atoms with Crippen molar-refractivity contribution >= 4 is 17.9 Å². The summed E-state index contributed by atoms with van der Waals surface area (Å²) in [5, 5.41) is 16.5. The van der Waals surface area contributed by atoms with Gasteiger partial charge in [0.2, 0.25) is 11.8 Å². The summed E-state index contributed by atoms with van der Waals surface area (Å²) in [6, 6.07) is 13.8. The van der Waals surface area contributed by atoms with Gasteiger partial charge in [-0.1, -0.05) is 68.8 Å². The van der Waals surface area contributed by atoms with Crippen molar-refractivity contribution < 1.29 is 24.2 Å². The SMILES string of the molecule is CCCCNC(=O)C(c1ccccc1O)N(C(=O)C(Cc1ccccc1)NC(=O)OC(C)(C)C)C1CC1C. The first-order valence-corrected chi connectivity index (χ1v) is 13.4. The third-order valence-electron chi connectivity index (χ3n) is 6.54. The van der Waals surface area contributed by atoms with Gasteiger partial charge in [-0.15, -0.1) is 0 Å². The van der Waals surface area contributed by atoms with Crippen LogP contribution in [0.4, 0.5) is 4.79 Å². The average Bonchev–Trinajstić information content (AvgIpc) is 3.57. The molecule has 3 rings (SSSR count). The number of amides is 3. The van der Waals surface area contributed by atoms with E-state index in [2.05, 4.69) is 10.6 Å². The highest BCUT2D eigenvalue weighted by Gasteiger charge is 2.48. The summed E-state index contributed by atoms with van der Waals surface area (Å²) in [6.07, 6.45) is 1.94. The number of rotatable bonds is 11. The molecule has 0 saturated heterocycles. The summed E-state index contributed by atoms with van der Waals surface area (Å²) < 4.78 is 5.47. The molecule has 0 aliphatic heterocycles. The Morgan fingerprint density at radius 2 is 1.71 bits per heavy atom. The predicted octanol–water partition coefficient (Wildman–Crippen LogP) is 4.72. The lowest BCUT2D eigenvalue weighted by Crippen LogP contribution is -2.54. The number of carbonyl (C=O) groups is 3. The summed E-state index contributed by atoms with van der Waals surface area (Å²) >= 11 is 0. The zero-order valence-electron chi connectivity index (χ0n) is 23.1. The molecule has 1 fully saturated rings. The van der Waals surface area contributed by atoms with Crippen LogP contribution in [0.15, 0.2) is 54.6 Å². The number of nitrogens with zero attached hydrogens (tertiary/aromatic N) is 1. The minimum atomic E-state index is -1.05. The van der Waals surface area contributed by atoms with Gasteiger partial charge in [0.05, 0.1) is 0 Å². The molecule has 1 aliphatic carbocycles. The minimum absolute atomic E-state index is 0.0612. The number of benzene rings is 2. The van der Waals surface area contributed by atoms with Gasteiger partial charge in [-0.3, -0.25) is 9.59 Å². The fourth-order valence-electron chi connectivity index (χ4n) is 4.47. The average molecular weight is 524 g/mol. The normalized spacial score (nSPS) is 18.1. The molecular weight excluding hydrogens is 482 g/mol. The van der Waals surface area contributed by atoms with Crippen molar-refractivity contribution in [3.05, 3.63) is 65.7 Å². The third-order valence-corrected chi connectivity index (χ3v) is 6.54. The molecule has 0 aromatic heterocycles. The summed E-state index contributed by atoms with van der Waals surface area (Å²) in [4.78, 5) is 42.3. The minimum Gasteiger partial charge on any atom is -0.508 e. The van der Waals surface area contributed by atoms with Gasteiger partial charge in [0.15, 0.2) is 0 Å². The highest BCUT2D eigenvalue weighted by molar-refractivity contribution is 5.93. The molecule has 38 heavy (non-hydrogen) atoms. The number of unbranched alkanes of at least 4 members (excludes halogenated alkanes) is 1. The third kappa shape index (κ3) is 7.97. The van der Waals surface area contributed by atoms with Crippen LogP contribution >= 0.6 is 0 Å². The maximum absolute atomic E-state index is 14.3. The van der Waals surface area contributed by atoms with Gasteiger partial charge in [0.25, 0.3) is 0 Å². The zero-order valence-corrected chi connectivity index (χ0v) is 23.1. The highest BCUT2D eigenvalue weighted by atomic mass is 16.6.